The monoisotopic (exact) mass is 472 g/mol. The summed E-state index contributed by atoms with van der Waals surface area (Å²) in [6.45, 7) is 0. The van der Waals surface area contributed by atoms with Crippen LogP contribution in [0.2, 0.25) is 5.02 Å². The van der Waals surface area contributed by atoms with Gasteiger partial charge in [0.2, 0.25) is 0 Å². The highest BCUT2D eigenvalue weighted by molar-refractivity contribution is 7.25. The van der Waals surface area contributed by atoms with Crippen molar-refractivity contribution in [2.75, 3.05) is 0 Å². The van der Waals surface area contributed by atoms with Gasteiger partial charge in [0.1, 0.15) is 5.75 Å². The molecule has 0 saturated heterocycles. The van der Waals surface area contributed by atoms with Gasteiger partial charge in [-0.25, -0.2) is 0 Å². The Morgan fingerprint density at radius 2 is 1.35 bits per heavy atom. The number of hydrogen-bond acceptors (Lipinski definition) is 2. The van der Waals surface area contributed by atoms with E-state index in [4.69, 9.17) is 16.3 Å². The predicted molar refractivity (Wildman–Crippen MR) is 142 cm³/mol. The number of benzene rings is 5. The Bertz CT molecular complexity index is 1810. The lowest BCUT2D eigenvalue weighted by Crippen LogP contribution is -2.32. The van der Waals surface area contributed by atoms with Crippen molar-refractivity contribution in [2.24, 2.45) is 0 Å². The van der Waals surface area contributed by atoms with Crippen LogP contribution in [-0.4, -0.2) is 0 Å². The molecule has 3 heteroatoms. The lowest BCUT2D eigenvalue weighted by Gasteiger charge is -2.39. The number of halogens is 1. The fourth-order valence-electron chi connectivity index (χ4n) is 6.10. The average molecular weight is 473 g/mol. The van der Waals surface area contributed by atoms with Crippen LogP contribution in [0, 0.1) is 0 Å². The Labute approximate surface area is 205 Å². The Kier molecular flexibility index (Phi) is 3.60. The van der Waals surface area contributed by atoms with Crippen LogP contribution in [0.3, 0.4) is 0 Å². The van der Waals surface area contributed by atoms with E-state index >= 15 is 0 Å². The Morgan fingerprint density at radius 1 is 0.588 bits per heavy atom. The third kappa shape index (κ3) is 2.16. The molecule has 1 aliphatic carbocycles. The number of ether oxygens (including phenoxy) is 1. The van der Waals surface area contributed by atoms with Crippen LogP contribution >= 0.6 is 22.9 Å². The molecule has 0 fully saturated rings. The van der Waals surface area contributed by atoms with E-state index in [1.165, 1.54) is 42.4 Å². The highest BCUT2D eigenvalue weighted by Crippen LogP contribution is 2.63. The van der Waals surface area contributed by atoms with Crippen LogP contribution in [0.4, 0.5) is 0 Å². The molecular formula is C31H17ClOS. The van der Waals surface area contributed by atoms with Crippen LogP contribution in [0.5, 0.6) is 11.5 Å². The molecule has 0 saturated carbocycles. The van der Waals surface area contributed by atoms with E-state index in [2.05, 4.69) is 84.9 Å². The summed E-state index contributed by atoms with van der Waals surface area (Å²) >= 11 is 8.62. The Balaban J connectivity index is 1.61. The summed E-state index contributed by atoms with van der Waals surface area (Å²) in [6.07, 6.45) is 0. The molecule has 5 aromatic carbocycles. The zero-order chi connectivity index (χ0) is 22.4. The van der Waals surface area contributed by atoms with Gasteiger partial charge in [-0.15, -0.1) is 11.3 Å². The molecule has 0 radical (unpaired) electrons. The fourth-order valence-corrected chi connectivity index (χ4v) is 7.44. The van der Waals surface area contributed by atoms with Gasteiger partial charge < -0.3 is 4.74 Å². The molecule has 0 bridgehead atoms. The van der Waals surface area contributed by atoms with E-state index in [1.807, 2.05) is 29.5 Å². The normalized spacial score (nSPS) is 17.3. The van der Waals surface area contributed by atoms with Gasteiger partial charge >= 0.3 is 0 Å². The first-order chi connectivity index (χ1) is 16.8. The highest BCUT2D eigenvalue weighted by Gasteiger charge is 2.51. The van der Waals surface area contributed by atoms with Gasteiger partial charge in [0.15, 0.2) is 5.75 Å². The van der Waals surface area contributed by atoms with Gasteiger partial charge in [0.05, 0.1) is 10.4 Å². The van der Waals surface area contributed by atoms with Gasteiger partial charge in [-0.3, -0.25) is 0 Å². The third-order valence-corrected chi connectivity index (χ3v) is 8.85. The second kappa shape index (κ2) is 6.50. The zero-order valence-corrected chi connectivity index (χ0v) is 19.6. The maximum atomic E-state index is 6.76. The lowest BCUT2D eigenvalue weighted by molar-refractivity contribution is 0.436. The summed E-state index contributed by atoms with van der Waals surface area (Å²) in [6, 6.07) is 36.9. The molecule has 2 heterocycles. The van der Waals surface area contributed by atoms with E-state index in [1.54, 1.807) is 0 Å². The van der Waals surface area contributed by atoms with Gasteiger partial charge in [-0.2, -0.15) is 0 Å². The number of thiophene rings is 1. The van der Waals surface area contributed by atoms with Crippen LogP contribution in [-0.2, 0) is 5.41 Å². The highest BCUT2D eigenvalue weighted by atomic mass is 35.5. The van der Waals surface area contributed by atoms with E-state index in [-0.39, 0.29) is 0 Å². The maximum absolute atomic E-state index is 6.76. The molecule has 1 nitrogen and oxygen atoms in total. The number of para-hydroxylation sites is 2. The van der Waals surface area contributed by atoms with Crippen molar-refractivity contribution < 1.29 is 4.74 Å². The molecule has 6 aromatic rings. The second-order valence-corrected chi connectivity index (χ2v) is 10.5. The van der Waals surface area contributed by atoms with Crippen molar-refractivity contribution in [3.8, 4) is 22.6 Å². The van der Waals surface area contributed by atoms with E-state index in [0.29, 0.717) is 5.02 Å². The summed E-state index contributed by atoms with van der Waals surface area (Å²) in [4.78, 5) is 0. The van der Waals surface area contributed by atoms with Crippen LogP contribution in [0.15, 0.2) is 103 Å². The van der Waals surface area contributed by atoms with Crippen LogP contribution in [0.25, 0.3) is 31.3 Å². The number of fused-ring (bicyclic) bond motifs is 12. The predicted octanol–water partition coefficient (Wildman–Crippen LogP) is 9.18. The summed E-state index contributed by atoms with van der Waals surface area (Å²) in [5.41, 5.74) is 6.92. The van der Waals surface area contributed by atoms with Crippen molar-refractivity contribution in [1.29, 1.82) is 0 Å². The molecule has 1 aromatic heterocycles. The minimum atomic E-state index is -0.488. The first kappa shape index (κ1) is 18.8. The lowest BCUT2D eigenvalue weighted by atomic mass is 9.66. The molecular weight excluding hydrogens is 456 g/mol. The van der Waals surface area contributed by atoms with Gasteiger partial charge in [-0.1, -0.05) is 84.4 Å². The standard InChI is InChI=1S/C31H17ClOS/c32-26-13-7-12-24-30(26)33-27-14-5-4-11-23(27)31(24)22-10-3-1-8-18(22)20-17-29-21(16-25(20)31)19-9-2-6-15-28(19)34-29/h1-17H. The van der Waals surface area contributed by atoms with Crippen molar-refractivity contribution >= 4 is 43.1 Å². The third-order valence-electron chi connectivity index (χ3n) is 7.42. The molecule has 1 unspecified atom stereocenters. The fraction of sp³-hybridized carbons (Fsp3) is 0.0323. The molecule has 1 atom stereocenters. The molecule has 0 N–H and O–H groups in total. The maximum Gasteiger partial charge on any atom is 0.150 e. The van der Waals surface area contributed by atoms with Gasteiger partial charge in [0, 0.05) is 31.3 Å². The van der Waals surface area contributed by atoms with Crippen molar-refractivity contribution in [3.63, 3.8) is 0 Å². The van der Waals surface area contributed by atoms with Crippen molar-refractivity contribution in [3.05, 3.63) is 130 Å². The quantitative estimate of drug-likeness (QED) is 0.214. The molecule has 2 aliphatic rings. The van der Waals surface area contributed by atoms with E-state index < -0.39 is 5.41 Å². The van der Waals surface area contributed by atoms with Crippen LogP contribution in [0.1, 0.15) is 22.3 Å². The SMILES string of the molecule is Clc1cccc2c1Oc1ccccc1C21c2ccccc2-c2cc3sc4ccccc4c3cc21. The summed E-state index contributed by atoms with van der Waals surface area (Å²) in [7, 11) is 0. The Morgan fingerprint density at radius 3 is 2.29 bits per heavy atom. The zero-order valence-electron chi connectivity index (χ0n) is 18.0. The molecule has 1 spiro atoms. The molecule has 0 amide bonds. The van der Waals surface area contributed by atoms with E-state index in [9.17, 15) is 0 Å². The first-order valence-electron chi connectivity index (χ1n) is 11.4. The number of rotatable bonds is 0. The topological polar surface area (TPSA) is 9.23 Å². The van der Waals surface area contributed by atoms with Gasteiger partial charge in [0.25, 0.3) is 0 Å². The largest absolute Gasteiger partial charge is 0.455 e. The first-order valence-corrected chi connectivity index (χ1v) is 12.6. The van der Waals surface area contributed by atoms with Gasteiger partial charge in [-0.05, 0) is 52.6 Å². The minimum Gasteiger partial charge on any atom is -0.455 e. The summed E-state index contributed by atoms with van der Waals surface area (Å²) in [5, 5.41) is 3.25. The minimum absolute atomic E-state index is 0.488. The average Bonchev–Trinajstić information content (AvgIpc) is 3.38. The van der Waals surface area contributed by atoms with Crippen LogP contribution < -0.4 is 4.74 Å². The molecule has 160 valence electrons. The molecule has 8 rings (SSSR count). The van der Waals surface area contributed by atoms with Crippen molar-refractivity contribution in [2.45, 2.75) is 5.41 Å². The second-order valence-electron chi connectivity index (χ2n) is 9.00. The molecule has 34 heavy (non-hydrogen) atoms. The number of hydrogen-bond donors (Lipinski definition) is 0. The van der Waals surface area contributed by atoms with Crippen molar-refractivity contribution in [1.82, 2.24) is 0 Å². The Hall–Kier alpha value is -3.59. The smallest absolute Gasteiger partial charge is 0.150 e. The molecule has 1 aliphatic heterocycles. The summed E-state index contributed by atoms with van der Waals surface area (Å²) in [5.74, 6) is 1.61. The van der Waals surface area contributed by atoms with E-state index in [0.717, 1.165) is 22.6 Å². The summed E-state index contributed by atoms with van der Waals surface area (Å²) < 4.78 is 9.07.